The van der Waals surface area contributed by atoms with Gasteiger partial charge in [-0.15, -0.1) is 0 Å². The molecule has 7 atom stereocenters. The Bertz CT molecular complexity index is 4810. The van der Waals surface area contributed by atoms with Gasteiger partial charge in [0.2, 0.25) is 0 Å². The summed E-state index contributed by atoms with van der Waals surface area (Å²) >= 11 is 0. The number of esters is 15. The highest BCUT2D eigenvalue weighted by Gasteiger charge is 2.52. The van der Waals surface area contributed by atoms with E-state index in [0.29, 0.717) is 0 Å². The third kappa shape index (κ3) is 18.6. The minimum absolute atomic E-state index is 0.000507. The lowest BCUT2D eigenvalue weighted by Crippen LogP contribution is -2.40. The summed E-state index contributed by atoms with van der Waals surface area (Å²) in [5.41, 5.74) is -2.46. The average molecular weight is 1500 g/mol. The van der Waals surface area contributed by atoms with Crippen LogP contribution in [0.3, 0.4) is 0 Å². The highest BCUT2D eigenvalue weighted by Crippen LogP contribution is 2.61. The van der Waals surface area contributed by atoms with E-state index < -0.39 is 219 Å². The molecule has 0 radical (unpaired) electrons. The van der Waals surface area contributed by atoms with Gasteiger partial charge in [-0.1, -0.05) is 12.1 Å². The molecule has 0 saturated carbocycles. The van der Waals surface area contributed by atoms with Crippen molar-refractivity contribution in [3.63, 3.8) is 0 Å². The molecule has 0 aliphatic carbocycles. The molecule has 3 aliphatic rings. The van der Waals surface area contributed by atoms with Gasteiger partial charge in [0.15, 0.2) is 58.9 Å². The van der Waals surface area contributed by atoms with Crippen LogP contribution in [0.15, 0.2) is 72.8 Å². The second kappa shape index (κ2) is 32.8. The predicted molar refractivity (Wildman–Crippen MR) is 359 cm³/mol. The fourth-order valence-corrected chi connectivity index (χ4v) is 12.5. The molecule has 33 heteroatoms. The molecule has 0 spiro atoms. The van der Waals surface area contributed by atoms with Gasteiger partial charge in [-0.2, -0.15) is 0 Å². The maximum atomic E-state index is 14.6. The summed E-state index contributed by atoms with van der Waals surface area (Å²) in [6, 6.07) is 13.8. The quantitative estimate of drug-likeness (QED) is 0.0391. The summed E-state index contributed by atoms with van der Waals surface area (Å²) in [5.74, 6) is -23.5. The number of carbonyl (C=O) groups is 15. The zero-order chi connectivity index (χ0) is 79.2. The number of hydrogen-bond donors (Lipinski definition) is 0. The third-order valence-electron chi connectivity index (χ3n) is 15.5. The van der Waals surface area contributed by atoms with E-state index in [-0.39, 0.29) is 62.1 Å². The minimum atomic E-state index is -2.15. The molecule has 0 amide bonds. The standard InChI is InChI=1S/C75H68O33/c1-30(76)91-46-21-55(95-34(5)80)51-27-65(103-42(13)88)71(106-56(51)22-46)50-26-60(99-38(9)84)59(98-37(8)83)25-49(50)66-48(17-19-54(94-33(4)79)74(66)104-43(14)89)73-75(105-44(15)90)69(67-61(100-39(10)85)23-47(92-31(2)77)24-62(67)107-73)68-63(101-40(11)86)29-57(96-35(6)81)52-28-64(102-41(12)87)70(108-72(52)68)45-16-18-53(93-32(3)78)58(20-45)97-36(7)82/h16-26,29,64-65,69-71,73,75H,27-28H2,1-15H3/t64-,65-,69-,70+,71+,73-,75+/m1/s1. The number of carbonyl (C=O) groups excluding carboxylic acids is 15. The Morgan fingerprint density at radius 2 is 0.713 bits per heavy atom. The smallest absolute Gasteiger partial charge is 0.308 e. The Hall–Kier alpha value is -13.2. The first-order chi connectivity index (χ1) is 50.8. The molecule has 566 valence electrons. The van der Waals surface area contributed by atoms with Gasteiger partial charge in [0.25, 0.3) is 0 Å². The molecule has 0 bridgehead atoms. The van der Waals surface area contributed by atoms with Crippen molar-refractivity contribution >= 4 is 89.5 Å². The van der Waals surface area contributed by atoms with Crippen molar-refractivity contribution < 1.29 is 157 Å². The van der Waals surface area contributed by atoms with Crippen LogP contribution in [-0.4, -0.2) is 108 Å². The van der Waals surface area contributed by atoms with Crippen molar-refractivity contribution in [1.82, 2.24) is 0 Å². The van der Waals surface area contributed by atoms with E-state index >= 15 is 0 Å². The predicted octanol–water partition coefficient (Wildman–Crippen LogP) is 8.87. The molecular weight excluding hydrogens is 1430 g/mol. The Morgan fingerprint density at radius 3 is 1.23 bits per heavy atom. The van der Waals surface area contributed by atoms with Gasteiger partial charge in [0.05, 0.1) is 5.92 Å². The summed E-state index contributed by atoms with van der Waals surface area (Å²) < 4.78 is 108. The SMILES string of the molecule is CC(=O)Oc1cc(OC(C)=O)c2c(c1)O[C@@H](c1cc(OC(C)=O)c(OC(C)=O)cc1-c1c([C@H]3Oc4cc(OC(C)=O)cc(OC(C)=O)c4[C@H](c4c(OC(C)=O)cc(OC(C)=O)c5c4O[C@@H](c4ccc(OC(C)=O)c(OC(C)=O)c4)[C@H](OC(C)=O)C5)[C@@H]3OC(C)=O)ccc(OC(C)=O)c1OC(C)=O)[C@H](OC(C)=O)C2. The molecule has 6 aromatic rings. The van der Waals surface area contributed by atoms with E-state index in [2.05, 4.69) is 0 Å². The van der Waals surface area contributed by atoms with E-state index in [0.717, 1.165) is 140 Å². The molecule has 0 aromatic heterocycles. The normalized spacial score (nSPS) is 17.1. The first-order valence-electron chi connectivity index (χ1n) is 32.6. The lowest BCUT2D eigenvalue weighted by atomic mass is 9.76. The molecule has 0 unspecified atom stereocenters. The lowest BCUT2D eigenvalue weighted by molar-refractivity contribution is -0.154. The van der Waals surface area contributed by atoms with E-state index in [1.54, 1.807) is 0 Å². The van der Waals surface area contributed by atoms with Crippen molar-refractivity contribution in [3.8, 4) is 97.4 Å². The summed E-state index contributed by atoms with van der Waals surface area (Å²) in [5, 5.41) is 0. The van der Waals surface area contributed by atoms with Crippen LogP contribution in [0, 0.1) is 0 Å². The lowest BCUT2D eigenvalue weighted by Gasteiger charge is -2.43. The minimum Gasteiger partial charge on any atom is -0.481 e. The van der Waals surface area contributed by atoms with Crippen molar-refractivity contribution in [1.29, 1.82) is 0 Å². The Morgan fingerprint density at radius 1 is 0.306 bits per heavy atom. The van der Waals surface area contributed by atoms with Crippen LogP contribution in [0.2, 0.25) is 0 Å². The van der Waals surface area contributed by atoms with Gasteiger partial charge in [0, 0.05) is 192 Å². The van der Waals surface area contributed by atoms with Crippen molar-refractivity contribution in [2.24, 2.45) is 0 Å². The molecule has 0 fully saturated rings. The molecule has 0 N–H and O–H groups in total. The molecule has 6 aromatic carbocycles. The van der Waals surface area contributed by atoms with Crippen LogP contribution in [0.1, 0.15) is 167 Å². The van der Waals surface area contributed by atoms with E-state index in [1.165, 1.54) is 36.4 Å². The Kier molecular flexibility index (Phi) is 24.0. The number of rotatable bonds is 20. The molecule has 33 nitrogen and oxygen atoms in total. The largest absolute Gasteiger partial charge is 0.481 e. The first-order valence-corrected chi connectivity index (χ1v) is 32.6. The summed E-state index contributed by atoms with van der Waals surface area (Å²) in [6.07, 6.45) is -11.7. The molecule has 0 saturated heterocycles. The van der Waals surface area contributed by atoms with Crippen molar-refractivity contribution in [3.05, 3.63) is 112 Å². The van der Waals surface area contributed by atoms with Crippen LogP contribution >= 0.6 is 0 Å². The highest BCUT2D eigenvalue weighted by molar-refractivity contribution is 5.89. The number of fused-ring (bicyclic) bond motifs is 3. The zero-order valence-electron chi connectivity index (χ0n) is 60.4. The Balaban J connectivity index is 1.50. The summed E-state index contributed by atoms with van der Waals surface area (Å²) in [4.78, 5) is 200. The van der Waals surface area contributed by atoms with Crippen LogP contribution in [-0.2, 0) is 99.0 Å². The van der Waals surface area contributed by atoms with Crippen LogP contribution < -0.4 is 71.1 Å². The van der Waals surface area contributed by atoms with Gasteiger partial charge < -0.3 is 85.3 Å². The zero-order valence-corrected chi connectivity index (χ0v) is 60.4. The maximum Gasteiger partial charge on any atom is 0.308 e. The number of hydrogen-bond acceptors (Lipinski definition) is 33. The van der Waals surface area contributed by atoms with Gasteiger partial charge in [-0.25, -0.2) is 0 Å². The molecule has 3 heterocycles. The van der Waals surface area contributed by atoms with Crippen molar-refractivity contribution in [2.75, 3.05) is 0 Å². The van der Waals surface area contributed by atoms with Gasteiger partial charge in [0.1, 0.15) is 64.0 Å². The van der Waals surface area contributed by atoms with Crippen LogP contribution in [0.5, 0.6) is 86.2 Å². The molecule has 3 aliphatic heterocycles. The highest BCUT2D eigenvalue weighted by atomic mass is 16.6. The summed E-state index contributed by atoms with van der Waals surface area (Å²) in [6.45, 7) is 15.2. The molecule has 9 rings (SSSR count). The van der Waals surface area contributed by atoms with Gasteiger partial charge in [-0.05, 0) is 35.9 Å². The van der Waals surface area contributed by atoms with Gasteiger partial charge in [-0.3, -0.25) is 71.9 Å². The molecule has 108 heavy (non-hydrogen) atoms. The van der Waals surface area contributed by atoms with Crippen LogP contribution in [0.4, 0.5) is 0 Å². The van der Waals surface area contributed by atoms with Crippen LogP contribution in [0.25, 0.3) is 11.1 Å². The third-order valence-corrected chi connectivity index (χ3v) is 15.5. The number of ether oxygens (including phenoxy) is 18. The van der Waals surface area contributed by atoms with Crippen molar-refractivity contribution in [2.45, 2.75) is 159 Å². The second-order valence-corrected chi connectivity index (χ2v) is 24.3. The Labute approximate surface area is 612 Å². The van der Waals surface area contributed by atoms with E-state index in [9.17, 15) is 71.9 Å². The average Bonchev–Trinajstić information content (AvgIpc) is 0.714. The fourth-order valence-electron chi connectivity index (χ4n) is 12.5. The van der Waals surface area contributed by atoms with E-state index in [1.807, 2.05) is 0 Å². The fraction of sp³-hybridized carbons (Fsp3) is 0.320. The summed E-state index contributed by atoms with van der Waals surface area (Å²) in [7, 11) is 0. The van der Waals surface area contributed by atoms with E-state index in [4.69, 9.17) is 85.3 Å². The second-order valence-electron chi connectivity index (χ2n) is 24.3. The molecular formula is C75H68O33. The first kappa shape index (κ1) is 78.9. The maximum absolute atomic E-state index is 14.6. The van der Waals surface area contributed by atoms with Gasteiger partial charge >= 0.3 is 89.5 Å². The topological polar surface area (TPSA) is 422 Å². The number of benzene rings is 6. The monoisotopic (exact) mass is 1500 g/mol.